The first-order valence-corrected chi connectivity index (χ1v) is 26.7. The van der Waals surface area contributed by atoms with Crippen molar-refractivity contribution in [2.75, 3.05) is 60.6 Å². The second-order valence-corrected chi connectivity index (χ2v) is 18.2. The van der Waals surface area contributed by atoms with E-state index in [9.17, 15) is 9.59 Å². The van der Waals surface area contributed by atoms with Crippen LogP contribution in [-0.4, -0.2) is 128 Å². The van der Waals surface area contributed by atoms with Gasteiger partial charge >= 0.3 is 46.1 Å². The molecule has 77 heavy (non-hydrogen) atoms. The van der Waals surface area contributed by atoms with E-state index < -0.39 is 0 Å². The zero-order chi connectivity index (χ0) is 52.1. The molecule has 9 rings (SSSR count). The monoisotopic (exact) mass is 1250 g/mol. The van der Waals surface area contributed by atoms with Gasteiger partial charge in [-0.25, -0.2) is 6.08 Å². The molecule has 0 aromatic heterocycles. The van der Waals surface area contributed by atoms with Gasteiger partial charge < -0.3 is 39.4 Å². The number of ether oxygens (including phenoxy) is 3. The third kappa shape index (κ3) is 32.5. The predicted molar refractivity (Wildman–Crippen MR) is 332 cm³/mol. The van der Waals surface area contributed by atoms with Gasteiger partial charge in [0.1, 0.15) is 28.8 Å². The maximum Gasteiger partial charge on any atom is 2.00 e. The standard InChI is InChI=1S/C21H23NO.C12H15NO.C9H9BrO.C9H9O.C7H7Br.C5H9NO.CH4.BrH.2Mg.2H/c1-23-21-11-9-18(10-12-21)7-8-19-13-15-22(16-14-19)17-20-5-3-2-4-6-20;14-12-6-8-13(9-7-12)10-11-4-2-1-3-5-11;1-11-9-4-2-8(3-5-9)6-7-10;1-3-8-4-6-9(10-2)7-5-8;8-6-7-4-2-1-3-5-7;7-5-1-3-6-4-2-5;;;;;;/h2-13H,14-17H2,1H3;1-5H,6-10H2;2-7H,1H3;1,3-7H,2H3;1-5H,6H2;6H,1-4H2;1H4;1H;;;;/q;;;-1;;;;;2*+2;2*-1/p-1/b8-7+;;7-6+;;;;;;;;;. The molecule has 3 aliphatic rings. The van der Waals surface area contributed by atoms with Crippen LogP contribution in [0.3, 0.4) is 0 Å². The van der Waals surface area contributed by atoms with E-state index in [4.69, 9.17) is 20.8 Å². The second kappa shape index (κ2) is 45.7. The predicted octanol–water partition coefficient (Wildman–Crippen LogP) is 11.2. The first kappa shape index (κ1) is 72.9. The van der Waals surface area contributed by atoms with Gasteiger partial charge in [0, 0.05) is 83.4 Å². The number of allylic oxidation sites excluding steroid dienone is 1. The van der Waals surface area contributed by atoms with E-state index in [2.05, 4.69) is 144 Å². The topological polar surface area (TPSA) is 80.3 Å². The third-order valence-corrected chi connectivity index (χ3v) is 12.6. The van der Waals surface area contributed by atoms with Gasteiger partial charge in [-0.3, -0.25) is 26.0 Å². The van der Waals surface area contributed by atoms with Crippen LogP contribution in [0.2, 0.25) is 0 Å². The summed E-state index contributed by atoms with van der Waals surface area (Å²) in [7, 11) is 5.00. The van der Waals surface area contributed by atoms with Crippen LogP contribution < -0.4 is 36.5 Å². The van der Waals surface area contributed by atoms with Crippen molar-refractivity contribution in [3.63, 3.8) is 0 Å². The van der Waals surface area contributed by atoms with Gasteiger partial charge in [0.05, 0.1) is 21.3 Å². The van der Waals surface area contributed by atoms with E-state index in [1.165, 1.54) is 27.8 Å². The second-order valence-electron chi connectivity index (χ2n) is 17.1. The number of piperidine rings is 2. The Morgan fingerprint density at radius 1 is 0.532 bits per heavy atom. The third-order valence-electron chi connectivity index (χ3n) is 11.7. The quantitative estimate of drug-likeness (QED) is 0.0738. The van der Waals surface area contributed by atoms with E-state index in [0.29, 0.717) is 11.6 Å². The van der Waals surface area contributed by atoms with Crippen LogP contribution in [-0.2, 0) is 28.0 Å². The molecule has 3 aliphatic heterocycles. The SMILES string of the molecule is BrCc1ccccc1.C.COc1ccc(/C=C/Br)cc1.COc1ccc(/C=C/C2=CCN(Cc3ccccc3)CC2)cc1.O=C1CCN(Cc2ccccc2)CC1.O=C1CCNCC1.[Br-].[CH-]=Cc1ccc(OC)cc1.[H-].[H-].[Mg+2].[Mg+2]. The number of ketones is 2. The van der Waals surface area contributed by atoms with E-state index in [0.717, 1.165) is 118 Å². The van der Waals surface area contributed by atoms with E-state index in [-0.39, 0.29) is 73.4 Å². The van der Waals surface area contributed by atoms with E-state index in [1.54, 1.807) is 27.4 Å². The summed E-state index contributed by atoms with van der Waals surface area (Å²) in [5.74, 6) is 3.45. The molecule has 0 unspecified atom stereocenters. The molecule has 404 valence electrons. The van der Waals surface area contributed by atoms with Crippen LogP contribution in [0.4, 0.5) is 0 Å². The van der Waals surface area contributed by atoms with E-state index in [1.807, 2.05) is 96.0 Å². The van der Waals surface area contributed by atoms with Crippen molar-refractivity contribution in [3.8, 4) is 17.2 Å². The number of carbonyl (C=O) groups is 2. The first-order chi connectivity index (χ1) is 35.7. The average molecular weight is 1260 g/mol. The van der Waals surface area contributed by atoms with Gasteiger partial charge in [0.25, 0.3) is 0 Å². The number of benzene rings is 6. The minimum absolute atomic E-state index is 0. The van der Waals surface area contributed by atoms with Crippen LogP contribution in [0.15, 0.2) is 187 Å². The number of halogens is 3. The minimum Gasteiger partial charge on any atom is -1.00 e. The summed E-state index contributed by atoms with van der Waals surface area (Å²) in [4.78, 5) is 28.1. The molecule has 8 nitrogen and oxygen atoms in total. The van der Waals surface area contributed by atoms with Gasteiger partial charge in [-0.1, -0.05) is 173 Å². The number of carbonyl (C=O) groups excluding carboxylic acids is 2. The maximum atomic E-state index is 11.0. The summed E-state index contributed by atoms with van der Waals surface area (Å²) in [5.41, 5.74) is 8.83. The zero-order valence-corrected chi connectivity index (χ0v) is 52.1. The molecule has 0 spiro atoms. The Kier molecular flexibility index (Phi) is 43.3. The number of alkyl halides is 1. The Hall–Kier alpha value is -4.13. The normalized spacial score (nSPS) is 13.6. The summed E-state index contributed by atoms with van der Waals surface area (Å²) < 4.78 is 15.2. The summed E-state index contributed by atoms with van der Waals surface area (Å²) in [6.45, 7) is 13.1. The molecule has 0 radical (unpaired) electrons. The molecule has 2 saturated heterocycles. The average Bonchev–Trinajstić information content (AvgIpc) is 3.46. The van der Waals surface area contributed by atoms with Crippen molar-refractivity contribution in [1.82, 2.24) is 15.1 Å². The van der Waals surface area contributed by atoms with Gasteiger partial charge in [0.2, 0.25) is 0 Å². The fourth-order valence-electron chi connectivity index (χ4n) is 7.36. The first-order valence-electron chi connectivity index (χ1n) is 24.7. The number of nitrogens with zero attached hydrogens (tertiary/aromatic N) is 2. The van der Waals surface area contributed by atoms with E-state index >= 15 is 0 Å². The number of hydrogen-bond donors (Lipinski definition) is 1. The Morgan fingerprint density at radius 3 is 1.27 bits per heavy atom. The largest absolute Gasteiger partial charge is 2.00 e. The molecule has 6 aromatic carbocycles. The van der Waals surface area contributed by atoms with Crippen LogP contribution in [0, 0.1) is 6.58 Å². The molecule has 13 heteroatoms. The van der Waals surface area contributed by atoms with Crippen molar-refractivity contribution in [1.29, 1.82) is 0 Å². The molecule has 6 aromatic rings. The molecule has 1 N–H and O–H groups in total. The number of likely N-dealkylation sites (tertiary alicyclic amines) is 1. The van der Waals surface area contributed by atoms with Gasteiger partial charge in [-0.2, -0.15) is 5.56 Å². The summed E-state index contributed by atoms with van der Waals surface area (Å²) >= 11 is 6.57. The molecule has 0 atom stereocenters. The smallest absolute Gasteiger partial charge is 1.00 e. The minimum atomic E-state index is 0. The number of nitrogens with one attached hydrogen (secondary N) is 1. The Bertz CT molecular complexity index is 2530. The number of methoxy groups -OCH3 is 3. The summed E-state index contributed by atoms with van der Waals surface area (Å²) in [6.07, 6.45) is 14.3. The van der Waals surface area contributed by atoms with Crippen LogP contribution in [0.1, 0.15) is 75.8 Å². The Balaban J connectivity index is -0.000000907. The van der Waals surface area contributed by atoms with Crippen molar-refractivity contribution in [2.24, 2.45) is 0 Å². The van der Waals surface area contributed by atoms with Crippen molar-refractivity contribution < 1.29 is 43.6 Å². The van der Waals surface area contributed by atoms with Gasteiger partial charge in [-0.05, 0) is 87.3 Å². The molecule has 0 amide bonds. The Morgan fingerprint density at radius 2 is 0.922 bits per heavy atom. The number of hydrogen-bond acceptors (Lipinski definition) is 8. The molecule has 0 aliphatic carbocycles. The Labute approximate surface area is 524 Å². The zero-order valence-electron chi connectivity index (χ0n) is 46.5. The fourth-order valence-corrected chi connectivity index (χ4v) is 8.04. The van der Waals surface area contributed by atoms with Crippen LogP contribution in [0.5, 0.6) is 17.2 Å². The summed E-state index contributed by atoms with van der Waals surface area (Å²) in [6, 6.07) is 55.0. The van der Waals surface area contributed by atoms with Crippen LogP contribution >= 0.6 is 31.9 Å². The molecule has 0 bridgehead atoms. The molecule has 3 heterocycles. The number of Topliss-reactive ketones (excluding diaryl/α,β-unsaturated/α-hetero) is 2. The van der Waals surface area contributed by atoms with Gasteiger partial charge in [0.15, 0.2) is 0 Å². The van der Waals surface area contributed by atoms with Gasteiger partial charge in [-0.15, -0.1) is 12.1 Å². The molecule has 0 saturated carbocycles. The molecular weight excluding hydrogens is 1180 g/mol. The molecule has 2 fully saturated rings. The summed E-state index contributed by atoms with van der Waals surface area (Å²) in [5, 5.41) is 4.05. The number of rotatable bonds is 12. The van der Waals surface area contributed by atoms with Crippen molar-refractivity contribution >= 4 is 108 Å². The molecular formula is C64H78Br3Mg2N3O5. The van der Waals surface area contributed by atoms with Crippen molar-refractivity contribution in [2.45, 2.75) is 58.0 Å². The fraction of sp³-hybridized carbons (Fsp3) is 0.281. The van der Waals surface area contributed by atoms with Crippen LogP contribution in [0.25, 0.3) is 18.2 Å². The van der Waals surface area contributed by atoms with Crippen molar-refractivity contribution in [3.05, 3.63) is 226 Å². The maximum absolute atomic E-state index is 11.0.